The van der Waals surface area contributed by atoms with Crippen LogP contribution < -0.4 is 4.72 Å². The van der Waals surface area contributed by atoms with Crippen LogP contribution in [0.3, 0.4) is 0 Å². The molecule has 6 rings (SSSR count). The molecule has 2 heterocycles. The van der Waals surface area contributed by atoms with E-state index in [4.69, 9.17) is 21.6 Å². The maximum atomic E-state index is 12.9. The number of likely N-dealkylation sites (tertiary alicyclic amines) is 1. The molecule has 1 unspecified atom stereocenters. The van der Waals surface area contributed by atoms with E-state index in [2.05, 4.69) is 46.0 Å². The summed E-state index contributed by atoms with van der Waals surface area (Å²) in [5, 5.41) is 0.512. The van der Waals surface area contributed by atoms with E-state index in [1.165, 1.54) is 17.7 Å². The highest BCUT2D eigenvalue weighted by atomic mass is 35.5. The van der Waals surface area contributed by atoms with Crippen LogP contribution in [-0.4, -0.2) is 42.4 Å². The van der Waals surface area contributed by atoms with E-state index in [0.29, 0.717) is 11.6 Å². The monoisotopic (exact) mass is 568 g/mol. The molecule has 0 aliphatic carbocycles. The second-order valence-corrected chi connectivity index (χ2v) is 12.3. The third-order valence-corrected chi connectivity index (χ3v) is 8.99. The smallest absolute Gasteiger partial charge is 0.240 e. The second kappa shape index (κ2) is 11.5. The topological polar surface area (TPSA) is 75.2 Å². The molecule has 0 radical (unpaired) electrons. The summed E-state index contributed by atoms with van der Waals surface area (Å²) in [6.45, 7) is 2.33. The average molecular weight is 569 g/mol. The van der Waals surface area contributed by atoms with Gasteiger partial charge in [0.1, 0.15) is 0 Å². The number of benzene rings is 4. The van der Waals surface area contributed by atoms with Gasteiger partial charge in [-0.15, -0.1) is 0 Å². The van der Waals surface area contributed by atoms with Crippen molar-refractivity contribution in [3.8, 4) is 22.5 Å². The lowest BCUT2D eigenvalue weighted by molar-refractivity contribution is 0.194. The normalized spacial score (nSPS) is 16.3. The minimum absolute atomic E-state index is 0.144. The van der Waals surface area contributed by atoms with Crippen LogP contribution in [0.2, 0.25) is 5.02 Å². The molecule has 40 heavy (non-hydrogen) atoms. The molecule has 1 N–H and O–H groups in total. The van der Waals surface area contributed by atoms with Gasteiger partial charge in [0, 0.05) is 35.3 Å². The number of nitrogens with one attached hydrogen (secondary N) is 1. The summed E-state index contributed by atoms with van der Waals surface area (Å²) in [5.41, 5.74) is 6.65. The van der Waals surface area contributed by atoms with E-state index in [9.17, 15) is 8.42 Å². The highest BCUT2D eigenvalue weighted by Crippen LogP contribution is 2.31. The maximum Gasteiger partial charge on any atom is 0.240 e. The predicted molar refractivity (Wildman–Crippen MR) is 160 cm³/mol. The SMILES string of the molecule is O=S(=O)(NC1CCCN(Cc2ccc(-c3nc4ccccc4nc3-c3ccccc3)cc2)C1)c1ccc(Cl)cc1. The Labute approximate surface area is 239 Å². The molecule has 0 bridgehead atoms. The molecule has 4 aromatic carbocycles. The third kappa shape index (κ3) is 5.93. The average Bonchev–Trinajstić information content (AvgIpc) is 2.97. The zero-order valence-corrected chi connectivity index (χ0v) is 23.4. The number of nitrogens with zero attached hydrogens (tertiary/aromatic N) is 3. The number of aromatic nitrogens is 2. The minimum Gasteiger partial charge on any atom is -0.298 e. The van der Waals surface area contributed by atoms with Gasteiger partial charge >= 0.3 is 0 Å². The first-order chi connectivity index (χ1) is 19.4. The Kier molecular flexibility index (Phi) is 7.63. The summed E-state index contributed by atoms with van der Waals surface area (Å²) in [5.74, 6) is 0. The van der Waals surface area contributed by atoms with Gasteiger partial charge in [-0.2, -0.15) is 0 Å². The van der Waals surface area contributed by atoms with Gasteiger partial charge in [0.05, 0.1) is 27.3 Å². The molecule has 0 amide bonds. The zero-order chi connectivity index (χ0) is 27.5. The number of hydrogen-bond acceptors (Lipinski definition) is 5. The Bertz CT molecular complexity index is 1730. The highest BCUT2D eigenvalue weighted by molar-refractivity contribution is 7.89. The van der Waals surface area contributed by atoms with E-state index in [0.717, 1.165) is 59.5 Å². The molecule has 0 spiro atoms. The van der Waals surface area contributed by atoms with Gasteiger partial charge in [-0.1, -0.05) is 78.3 Å². The van der Waals surface area contributed by atoms with Crippen molar-refractivity contribution in [2.24, 2.45) is 0 Å². The van der Waals surface area contributed by atoms with Crippen molar-refractivity contribution in [3.63, 3.8) is 0 Å². The number of rotatable bonds is 7. The van der Waals surface area contributed by atoms with Crippen molar-refractivity contribution in [3.05, 3.63) is 114 Å². The van der Waals surface area contributed by atoms with Crippen molar-refractivity contribution in [2.45, 2.75) is 30.3 Å². The van der Waals surface area contributed by atoms with Crippen molar-refractivity contribution in [1.29, 1.82) is 0 Å². The van der Waals surface area contributed by atoms with Crippen LogP contribution in [0.4, 0.5) is 0 Å². The molecule has 5 aromatic rings. The summed E-state index contributed by atoms with van der Waals surface area (Å²) in [4.78, 5) is 12.5. The van der Waals surface area contributed by atoms with Crippen molar-refractivity contribution < 1.29 is 8.42 Å². The summed E-state index contributed by atoms with van der Waals surface area (Å²) in [6, 6.07) is 32.7. The number of piperidine rings is 1. The van der Waals surface area contributed by atoms with Crippen LogP contribution in [0.15, 0.2) is 108 Å². The highest BCUT2D eigenvalue weighted by Gasteiger charge is 2.25. The standard InChI is InChI=1S/C32H29ClN4O2S/c33-26-16-18-28(19-17-26)40(38,39)36-27-9-6-20-37(22-27)21-23-12-14-25(15-13-23)32-31(24-7-2-1-3-8-24)34-29-10-4-5-11-30(29)35-32/h1-5,7-8,10-19,27,36H,6,9,20-22H2. The molecule has 202 valence electrons. The fraction of sp³-hybridized carbons (Fsp3) is 0.188. The van der Waals surface area contributed by atoms with Crippen LogP contribution in [0.5, 0.6) is 0 Å². The molecule has 0 saturated carbocycles. The van der Waals surface area contributed by atoms with Gasteiger partial charge < -0.3 is 0 Å². The molecule has 8 heteroatoms. The summed E-state index contributed by atoms with van der Waals surface area (Å²) < 4.78 is 28.6. The van der Waals surface area contributed by atoms with E-state index >= 15 is 0 Å². The van der Waals surface area contributed by atoms with Gasteiger partial charge in [-0.25, -0.2) is 23.1 Å². The maximum absolute atomic E-state index is 12.9. The van der Waals surface area contributed by atoms with Gasteiger partial charge in [0.15, 0.2) is 0 Å². The molecule has 1 fully saturated rings. The molecule has 6 nitrogen and oxygen atoms in total. The lowest BCUT2D eigenvalue weighted by atomic mass is 10.0. The first-order valence-corrected chi connectivity index (χ1v) is 15.2. The Hall–Kier alpha value is -3.62. The molecule has 1 atom stereocenters. The third-order valence-electron chi connectivity index (χ3n) is 7.20. The van der Waals surface area contributed by atoms with Crippen LogP contribution in [0.1, 0.15) is 18.4 Å². The number of halogens is 1. The number of hydrogen-bond donors (Lipinski definition) is 1. The Morgan fingerprint density at radius 1 is 0.775 bits per heavy atom. The first-order valence-electron chi connectivity index (χ1n) is 13.4. The predicted octanol–water partition coefficient (Wildman–Crippen LogP) is 6.56. The number of sulfonamides is 1. The van der Waals surface area contributed by atoms with Crippen LogP contribution in [0, 0.1) is 0 Å². The lowest BCUT2D eigenvalue weighted by Crippen LogP contribution is -2.47. The molecular formula is C32H29ClN4O2S. The molecule has 1 aliphatic rings. The quantitative estimate of drug-likeness (QED) is 0.241. The Morgan fingerprint density at radius 3 is 2.02 bits per heavy atom. The van der Waals surface area contributed by atoms with Gasteiger partial charge in [0.25, 0.3) is 0 Å². The lowest BCUT2D eigenvalue weighted by Gasteiger charge is -2.33. The zero-order valence-electron chi connectivity index (χ0n) is 21.9. The first kappa shape index (κ1) is 26.6. The van der Waals surface area contributed by atoms with Gasteiger partial charge in [-0.3, -0.25) is 4.90 Å². The van der Waals surface area contributed by atoms with Crippen LogP contribution in [-0.2, 0) is 16.6 Å². The summed E-state index contributed by atoms with van der Waals surface area (Å²) in [7, 11) is -3.60. The molecule has 1 aliphatic heterocycles. The Morgan fingerprint density at radius 2 is 1.38 bits per heavy atom. The molecule has 1 saturated heterocycles. The second-order valence-electron chi connectivity index (χ2n) is 10.1. The van der Waals surface area contributed by atoms with Gasteiger partial charge in [-0.05, 0) is 61.3 Å². The van der Waals surface area contributed by atoms with E-state index in [1.807, 2.05) is 42.5 Å². The summed E-state index contributed by atoms with van der Waals surface area (Å²) >= 11 is 5.92. The fourth-order valence-electron chi connectivity index (χ4n) is 5.22. The van der Waals surface area contributed by atoms with Crippen molar-refractivity contribution in [2.75, 3.05) is 13.1 Å². The van der Waals surface area contributed by atoms with E-state index in [-0.39, 0.29) is 10.9 Å². The van der Waals surface area contributed by atoms with Crippen molar-refractivity contribution in [1.82, 2.24) is 19.6 Å². The van der Waals surface area contributed by atoms with Crippen molar-refractivity contribution >= 4 is 32.7 Å². The minimum atomic E-state index is -3.60. The number of fused-ring (bicyclic) bond motifs is 1. The largest absolute Gasteiger partial charge is 0.298 e. The van der Waals surface area contributed by atoms with E-state index < -0.39 is 10.0 Å². The van der Waals surface area contributed by atoms with Crippen LogP contribution >= 0.6 is 11.6 Å². The van der Waals surface area contributed by atoms with Crippen LogP contribution in [0.25, 0.3) is 33.5 Å². The van der Waals surface area contributed by atoms with Gasteiger partial charge in [0.2, 0.25) is 10.0 Å². The molecular weight excluding hydrogens is 540 g/mol. The van der Waals surface area contributed by atoms with E-state index in [1.54, 1.807) is 12.1 Å². The Balaban J connectivity index is 1.19. The molecule has 1 aromatic heterocycles. The number of para-hydroxylation sites is 2. The fourth-order valence-corrected chi connectivity index (χ4v) is 6.61. The summed E-state index contributed by atoms with van der Waals surface area (Å²) in [6.07, 6.45) is 1.74.